The molecule has 1 saturated heterocycles. The highest BCUT2D eigenvalue weighted by atomic mass is 16.4. The van der Waals surface area contributed by atoms with E-state index in [1.54, 1.807) is 12.1 Å². The van der Waals surface area contributed by atoms with E-state index in [1.165, 1.54) is 0 Å². The number of nitrogens with one attached hydrogen (secondary N) is 1. The van der Waals surface area contributed by atoms with Gasteiger partial charge in [-0.3, -0.25) is 4.90 Å². The number of likely N-dealkylation sites (tertiary alicyclic amines) is 1. The van der Waals surface area contributed by atoms with E-state index in [2.05, 4.69) is 14.9 Å². The van der Waals surface area contributed by atoms with Crippen LogP contribution >= 0.6 is 0 Å². The molecule has 0 unspecified atom stereocenters. The number of carboxylic acid groups (broad SMARTS) is 1. The highest BCUT2D eigenvalue weighted by molar-refractivity contribution is 5.89. The van der Waals surface area contributed by atoms with Crippen molar-refractivity contribution in [2.75, 3.05) is 13.1 Å². The number of carbonyl (C=O) groups is 1. The van der Waals surface area contributed by atoms with E-state index in [0.717, 1.165) is 43.0 Å². The zero-order valence-corrected chi connectivity index (χ0v) is 12.7. The molecule has 0 spiro atoms. The minimum Gasteiger partial charge on any atom is -0.478 e. The SMILES string of the molecule is Cc1cnc([C@H]2CCCN(Cc3ccccc3C(=O)O)C2)[nH]1. The van der Waals surface area contributed by atoms with E-state index in [0.29, 0.717) is 18.0 Å². The van der Waals surface area contributed by atoms with E-state index < -0.39 is 5.97 Å². The predicted octanol–water partition coefficient (Wildman–Crippen LogP) is 2.80. The number of hydrogen-bond acceptors (Lipinski definition) is 3. The minimum absolute atomic E-state index is 0.401. The molecule has 22 heavy (non-hydrogen) atoms. The van der Waals surface area contributed by atoms with Crippen LogP contribution in [0.3, 0.4) is 0 Å². The quantitative estimate of drug-likeness (QED) is 0.911. The molecular weight excluding hydrogens is 278 g/mol. The summed E-state index contributed by atoms with van der Waals surface area (Å²) < 4.78 is 0. The van der Waals surface area contributed by atoms with Crippen molar-refractivity contribution in [1.82, 2.24) is 14.9 Å². The van der Waals surface area contributed by atoms with Gasteiger partial charge in [0.1, 0.15) is 5.82 Å². The van der Waals surface area contributed by atoms with Gasteiger partial charge in [-0.25, -0.2) is 9.78 Å². The summed E-state index contributed by atoms with van der Waals surface area (Å²) >= 11 is 0. The van der Waals surface area contributed by atoms with Gasteiger partial charge in [0.2, 0.25) is 0 Å². The summed E-state index contributed by atoms with van der Waals surface area (Å²) in [6, 6.07) is 7.26. The summed E-state index contributed by atoms with van der Waals surface area (Å²) in [5, 5.41) is 9.29. The van der Waals surface area contributed by atoms with Crippen LogP contribution in [-0.2, 0) is 6.54 Å². The number of aromatic nitrogens is 2. The number of benzene rings is 1. The highest BCUT2D eigenvalue weighted by Crippen LogP contribution is 2.26. The molecule has 1 aliphatic heterocycles. The molecule has 116 valence electrons. The van der Waals surface area contributed by atoms with Crippen molar-refractivity contribution in [2.45, 2.75) is 32.2 Å². The second kappa shape index (κ2) is 6.32. The summed E-state index contributed by atoms with van der Waals surface area (Å²) in [5.74, 6) is 0.596. The Morgan fingerprint density at radius 3 is 3.00 bits per heavy atom. The van der Waals surface area contributed by atoms with Crippen molar-refractivity contribution in [1.29, 1.82) is 0 Å². The van der Waals surface area contributed by atoms with Crippen molar-refractivity contribution in [3.63, 3.8) is 0 Å². The molecular formula is C17H21N3O2. The van der Waals surface area contributed by atoms with E-state index in [9.17, 15) is 9.90 Å². The number of rotatable bonds is 4. The number of carboxylic acids is 1. The largest absolute Gasteiger partial charge is 0.478 e. The Morgan fingerprint density at radius 1 is 1.45 bits per heavy atom. The fourth-order valence-electron chi connectivity index (χ4n) is 3.17. The zero-order chi connectivity index (χ0) is 15.5. The minimum atomic E-state index is -0.856. The van der Waals surface area contributed by atoms with Crippen LogP contribution < -0.4 is 0 Å². The molecule has 5 heteroatoms. The lowest BCUT2D eigenvalue weighted by molar-refractivity contribution is 0.0694. The second-order valence-corrected chi connectivity index (χ2v) is 5.99. The normalized spacial score (nSPS) is 19.2. The monoisotopic (exact) mass is 299 g/mol. The standard InChI is InChI=1S/C17H21N3O2/c1-12-9-18-16(19-12)14-6-4-8-20(11-14)10-13-5-2-3-7-15(13)17(21)22/h2-3,5,7,9,14H,4,6,8,10-11H2,1H3,(H,18,19)(H,21,22)/t14-/m0/s1. The Morgan fingerprint density at radius 2 is 2.27 bits per heavy atom. The number of aromatic amines is 1. The smallest absolute Gasteiger partial charge is 0.336 e. The summed E-state index contributed by atoms with van der Waals surface area (Å²) in [4.78, 5) is 21.4. The first kappa shape index (κ1) is 14.8. The topological polar surface area (TPSA) is 69.2 Å². The summed E-state index contributed by atoms with van der Waals surface area (Å²) in [6.45, 7) is 4.61. The van der Waals surface area contributed by atoms with E-state index in [4.69, 9.17) is 0 Å². The van der Waals surface area contributed by atoms with Crippen LogP contribution in [0, 0.1) is 6.92 Å². The van der Waals surface area contributed by atoms with Crippen LogP contribution in [-0.4, -0.2) is 39.0 Å². The van der Waals surface area contributed by atoms with Gasteiger partial charge < -0.3 is 10.1 Å². The Hall–Kier alpha value is -2.14. The van der Waals surface area contributed by atoms with Gasteiger partial charge in [0.15, 0.2) is 0 Å². The number of H-pyrrole nitrogens is 1. The molecule has 2 N–H and O–H groups in total. The van der Waals surface area contributed by atoms with Crippen molar-refractivity contribution in [2.24, 2.45) is 0 Å². The van der Waals surface area contributed by atoms with Gasteiger partial charge in [0.05, 0.1) is 5.56 Å². The fraction of sp³-hybridized carbons (Fsp3) is 0.412. The first-order chi connectivity index (χ1) is 10.6. The lowest BCUT2D eigenvalue weighted by Gasteiger charge is -2.32. The van der Waals surface area contributed by atoms with E-state index in [1.807, 2.05) is 25.3 Å². The number of aryl methyl sites for hydroxylation is 1. The molecule has 1 aromatic heterocycles. The summed E-state index contributed by atoms with van der Waals surface area (Å²) in [6.07, 6.45) is 4.11. The van der Waals surface area contributed by atoms with Crippen LogP contribution in [0.5, 0.6) is 0 Å². The van der Waals surface area contributed by atoms with Crippen LogP contribution in [0.15, 0.2) is 30.5 Å². The van der Waals surface area contributed by atoms with Gasteiger partial charge in [-0.2, -0.15) is 0 Å². The Kier molecular flexibility index (Phi) is 4.24. The Bertz CT molecular complexity index is 665. The predicted molar refractivity (Wildman–Crippen MR) is 84.0 cm³/mol. The molecule has 1 aliphatic rings. The van der Waals surface area contributed by atoms with Gasteiger partial charge in [-0.05, 0) is 37.9 Å². The third-order valence-electron chi connectivity index (χ3n) is 4.26. The molecule has 0 saturated carbocycles. The first-order valence-corrected chi connectivity index (χ1v) is 7.68. The van der Waals surface area contributed by atoms with Gasteiger partial charge in [0, 0.05) is 30.9 Å². The average Bonchev–Trinajstić information content (AvgIpc) is 2.94. The maximum Gasteiger partial charge on any atom is 0.336 e. The van der Waals surface area contributed by atoms with Gasteiger partial charge in [0.25, 0.3) is 0 Å². The van der Waals surface area contributed by atoms with Crippen LogP contribution in [0.4, 0.5) is 0 Å². The maximum atomic E-state index is 11.3. The third-order valence-corrected chi connectivity index (χ3v) is 4.26. The van der Waals surface area contributed by atoms with Crippen LogP contribution in [0.1, 0.15) is 46.2 Å². The van der Waals surface area contributed by atoms with Crippen LogP contribution in [0.2, 0.25) is 0 Å². The summed E-state index contributed by atoms with van der Waals surface area (Å²) in [5.41, 5.74) is 2.37. The molecule has 1 aromatic carbocycles. The fourth-order valence-corrected chi connectivity index (χ4v) is 3.17. The van der Waals surface area contributed by atoms with Gasteiger partial charge in [-0.15, -0.1) is 0 Å². The molecule has 0 radical (unpaired) electrons. The molecule has 2 heterocycles. The highest BCUT2D eigenvalue weighted by Gasteiger charge is 2.24. The average molecular weight is 299 g/mol. The van der Waals surface area contributed by atoms with E-state index >= 15 is 0 Å². The second-order valence-electron chi connectivity index (χ2n) is 5.99. The van der Waals surface area contributed by atoms with Crippen LogP contribution in [0.25, 0.3) is 0 Å². The lowest BCUT2D eigenvalue weighted by Crippen LogP contribution is -2.34. The van der Waals surface area contributed by atoms with Crippen molar-refractivity contribution >= 4 is 5.97 Å². The molecule has 0 aliphatic carbocycles. The molecule has 1 fully saturated rings. The van der Waals surface area contributed by atoms with E-state index in [-0.39, 0.29) is 0 Å². The molecule has 3 rings (SSSR count). The van der Waals surface area contributed by atoms with Gasteiger partial charge >= 0.3 is 5.97 Å². The summed E-state index contributed by atoms with van der Waals surface area (Å²) in [7, 11) is 0. The first-order valence-electron chi connectivity index (χ1n) is 7.68. The number of hydrogen-bond donors (Lipinski definition) is 2. The lowest BCUT2D eigenvalue weighted by atomic mass is 9.96. The Labute approximate surface area is 130 Å². The Balaban J connectivity index is 1.72. The number of imidazole rings is 1. The van der Waals surface area contributed by atoms with Crippen molar-refractivity contribution in [3.8, 4) is 0 Å². The number of nitrogens with zero attached hydrogens (tertiary/aromatic N) is 2. The molecule has 2 aromatic rings. The van der Waals surface area contributed by atoms with Crippen molar-refractivity contribution in [3.05, 3.63) is 53.1 Å². The number of piperidine rings is 1. The molecule has 5 nitrogen and oxygen atoms in total. The molecule has 0 bridgehead atoms. The van der Waals surface area contributed by atoms with Crippen molar-refractivity contribution < 1.29 is 9.90 Å². The molecule has 1 atom stereocenters. The maximum absolute atomic E-state index is 11.3. The zero-order valence-electron chi connectivity index (χ0n) is 12.7. The third kappa shape index (κ3) is 3.20. The number of aromatic carboxylic acids is 1. The molecule has 0 amide bonds. The van der Waals surface area contributed by atoms with Gasteiger partial charge in [-0.1, -0.05) is 18.2 Å².